The Hall–Kier alpha value is -4.32. The van der Waals surface area contributed by atoms with E-state index in [1.165, 1.54) is 10.4 Å². The molecule has 13 rings (SSSR count). The Bertz CT molecular complexity index is 2320. The van der Waals surface area contributed by atoms with Crippen LogP contribution < -0.4 is 10.4 Å². The van der Waals surface area contributed by atoms with Gasteiger partial charge in [0.1, 0.15) is 0 Å². The van der Waals surface area contributed by atoms with Gasteiger partial charge in [-0.05, 0) is 112 Å². The maximum Gasteiger partial charge on any atom is 0.0917 e. The second kappa shape index (κ2) is 8.72. The molecular formula is C42H32O4. The van der Waals surface area contributed by atoms with Gasteiger partial charge >= 0.3 is 0 Å². The molecule has 0 fully saturated rings. The molecule has 7 aliphatic carbocycles. The Kier molecular flexibility index (Phi) is 4.90. The van der Waals surface area contributed by atoms with E-state index in [1.807, 2.05) is 12.1 Å². The third-order valence-corrected chi connectivity index (χ3v) is 12.1. The number of benzene rings is 6. The van der Waals surface area contributed by atoms with Gasteiger partial charge in [0.2, 0.25) is 0 Å². The second-order valence-corrected chi connectivity index (χ2v) is 14.3. The van der Waals surface area contributed by atoms with Crippen LogP contribution in [0, 0.1) is 0 Å². The van der Waals surface area contributed by atoms with Gasteiger partial charge in [0, 0.05) is 23.7 Å². The molecule has 4 bridgehead atoms. The lowest BCUT2D eigenvalue weighted by Crippen LogP contribution is -2.48. The summed E-state index contributed by atoms with van der Waals surface area (Å²) in [6.45, 7) is 0. The molecule has 0 aromatic heterocycles. The van der Waals surface area contributed by atoms with Crippen LogP contribution in [0.2, 0.25) is 0 Å². The zero-order valence-corrected chi connectivity index (χ0v) is 25.1. The Balaban J connectivity index is 1.12. The average Bonchev–Trinajstić information content (AvgIpc) is 3.06. The Morgan fingerprint density at radius 3 is 0.957 bits per heavy atom. The summed E-state index contributed by atoms with van der Waals surface area (Å²) in [6.07, 6.45) is 3.23. The van der Waals surface area contributed by atoms with Crippen molar-refractivity contribution in [2.45, 2.75) is 60.9 Å². The largest absolute Gasteiger partial charge is 0.389 e. The minimum absolute atomic E-state index is 0.270. The number of hydrogen-bond acceptors (Lipinski definition) is 4. The maximum absolute atomic E-state index is 11.4. The van der Waals surface area contributed by atoms with Crippen LogP contribution in [0.15, 0.2) is 84.9 Å². The summed E-state index contributed by atoms with van der Waals surface area (Å²) in [6, 6.07) is 30.6. The predicted molar refractivity (Wildman–Crippen MR) is 181 cm³/mol. The van der Waals surface area contributed by atoms with Crippen molar-refractivity contribution in [2.24, 2.45) is 0 Å². The fraction of sp³-hybridized carbons (Fsp3) is 0.238. The highest BCUT2D eigenvalue weighted by Gasteiger charge is 2.50. The standard InChI is InChI=1S/C42H32O4/c43-39-35-27-11-19-5-1-2-6-20(19)12-28(27)36(40(39)44)32-16-24-10-26-18-34-33(17-25(26)9-23(24)15-31(32)35)37-29-13-21-7-3-4-8-22(21)14-30(29)38(34)42(46)41(37)45/h1-2,5-18,35-46H,3-4H2/t35?,36?,37?,38?,39?,40?,41-,42+. The van der Waals surface area contributed by atoms with Crippen molar-refractivity contribution in [3.05, 3.63) is 140 Å². The van der Waals surface area contributed by atoms with Crippen LogP contribution in [0.4, 0.5) is 0 Å². The summed E-state index contributed by atoms with van der Waals surface area (Å²) < 4.78 is 0. The van der Waals surface area contributed by atoms with E-state index in [2.05, 4.69) is 84.9 Å². The SMILES string of the molecule is OC1C2c3cc4ccccc4cc3C(c3cc4cc5cc6c(cc5cc4cc32)C2c3cc4c(cc3C6[C@H](O)[C@@H]2O)=CCCC=4)C1O. The van der Waals surface area contributed by atoms with E-state index < -0.39 is 24.4 Å². The summed E-state index contributed by atoms with van der Waals surface area (Å²) in [4.78, 5) is 0. The van der Waals surface area contributed by atoms with Crippen LogP contribution in [0.3, 0.4) is 0 Å². The van der Waals surface area contributed by atoms with Gasteiger partial charge in [-0.1, -0.05) is 84.9 Å². The molecule has 7 aliphatic rings. The highest BCUT2D eigenvalue weighted by Crippen LogP contribution is 2.56. The number of aliphatic hydroxyl groups is 4. The van der Waals surface area contributed by atoms with Crippen LogP contribution in [0.25, 0.3) is 44.5 Å². The first-order chi connectivity index (χ1) is 22.4. The zero-order valence-electron chi connectivity index (χ0n) is 25.1. The van der Waals surface area contributed by atoms with Gasteiger partial charge in [-0.2, -0.15) is 0 Å². The fourth-order valence-electron chi connectivity index (χ4n) is 10.0. The topological polar surface area (TPSA) is 80.9 Å². The molecule has 0 heterocycles. The third kappa shape index (κ3) is 3.13. The number of rotatable bonds is 0. The van der Waals surface area contributed by atoms with Gasteiger partial charge in [0.05, 0.1) is 24.4 Å². The molecule has 224 valence electrons. The molecule has 6 aromatic rings. The molecule has 6 unspecified atom stereocenters. The molecule has 46 heavy (non-hydrogen) atoms. The van der Waals surface area contributed by atoms with Gasteiger partial charge in [0.25, 0.3) is 0 Å². The van der Waals surface area contributed by atoms with Gasteiger partial charge in [-0.3, -0.25) is 0 Å². The van der Waals surface area contributed by atoms with E-state index in [1.54, 1.807) is 0 Å². The highest BCUT2D eigenvalue weighted by atomic mass is 16.3. The smallest absolute Gasteiger partial charge is 0.0917 e. The summed E-state index contributed by atoms with van der Waals surface area (Å²) in [7, 11) is 0. The molecular weight excluding hydrogens is 568 g/mol. The first-order valence-electron chi connectivity index (χ1n) is 16.6. The lowest BCUT2D eigenvalue weighted by Gasteiger charge is -2.47. The molecule has 0 saturated carbocycles. The Morgan fingerprint density at radius 2 is 0.630 bits per heavy atom. The molecule has 0 amide bonds. The van der Waals surface area contributed by atoms with Crippen molar-refractivity contribution >= 4 is 44.5 Å². The van der Waals surface area contributed by atoms with Gasteiger partial charge in [0.15, 0.2) is 0 Å². The highest BCUT2D eigenvalue weighted by molar-refractivity contribution is 6.00. The van der Waals surface area contributed by atoms with Gasteiger partial charge < -0.3 is 20.4 Å². The third-order valence-electron chi connectivity index (χ3n) is 12.1. The van der Waals surface area contributed by atoms with E-state index in [4.69, 9.17) is 0 Å². The molecule has 4 heteroatoms. The van der Waals surface area contributed by atoms with E-state index in [-0.39, 0.29) is 23.7 Å². The van der Waals surface area contributed by atoms with Gasteiger partial charge in [-0.15, -0.1) is 0 Å². The van der Waals surface area contributed by atoms with Crippen molar-refractivity contribution in [3.8, 4) is 0 Å². The maximum atomic E-state index is 11.4. The molecule has 4 nitrogen and oxygen atoms in total. The second-order valence-electron chi connectivity index (χ2n) is 14.3. The van der Waals surface area contributed by atoms with Crippen molar-refractivity contribution in [2.75, 3.05) is 0 Å². The first kappa shape index (κ1) is 25.8. The molecule has 0 saturated heterocycles. The molecule has 4 N–H and O–H groups in total. The van der Waals surface area contributed by atoms with Crippen molar-refractivity contribution in [1.82, 2.24) is 0 Å². The average molecular weight is 601 g/mol. The van der Waals surface area contributed by atoms with Crippen LogP contribution in [-0.4, -0.2) is 44.8 Å². The first-order valence-corrected chi connectivity index (χ1v) is 16.6. The summed E-state index contributed by atoms with van der Waals surface area (Å²) in [5, 5.41) is 54.7. The molecule has 6 aromatic carbocycles. The van der Waals surface area contributed by atoms with Crippen molar-refractivity contribution in [3.63, 3.8) is 0 Å². The van der Waals surface area contributed by atoms with Crippen LogP contribution >= 0.6 is 0 Å². The quantitative estimate of drug-likeness (QED) is 0.183. The fourth-order valence-corrected chi connectivity index (χ4v) is 10.0. The molecule has 0 radical (unpaired) electrons. The van der Waals surface area contributed by atoms with Crippen molar-refractivity contribution in [1.29, 1.82) is 0 Å². The lowest BCUT2D eigenvalue weighted by molar-refractivity contribution is -0.0154. The summed E-state index contributed by atoms with van der Waals surface area (Å²) in [5.74, 6) is -1.12. The van der Waals surface area contributed by atoms with E-state index >= 15 is 0 Å². The molecule has 0 spiro atoms. The van der Waals surface area contributed by atoms with Crippen LogP contribution in [0.5, 0.6) is 0 Å². The zero-order chi connectivity index (χ0) is 30.6. The van der Waals surface area contributed by atoms with Crippen LogP contribution in [-0.2, 0) is 0 Å². The molecule has 8 atom stereocenters. The summed E-state index contributed by atoms with van der Waals surface area (Å²) in [5.41, 5.74) is 8.93. The Morgan fingerprint density at radius 1 is 0.348 bits per heavy atom. The van der Waals surface area contributed by atoms with E-state index in [0.717, 1.165) is 89.7 Å². The number of hydrogen-bond donors (Lipinski definition) is 4. The minimum Gasteiger partial charge on any atom is -0.389 e. The lowest BCUT2D eigenvalue weighted by atomic mass is 9.60. The van der Waals surface area contributed by atoms with Gasteiger partial charge in [-0.25, -0.2) is 0 Å². The number of fused-ring (bicyclic) bond motifs is 6. The van der Waals surface area contributed by atoms with Crippen LogP contribution in [0.1, 0.15) is 81.0 Å². The monoisotopic (exact) mass is 600 g/mol. The minimum atomic E-state index is -0.861. The predicted octanol–water partition coefficient (Wildman–Crippen LogP) is 5.13. The Labute approximate surface area is 265 Å². The van der Waals surface area contributed by atoms with Crippen molar-refractivity contribution < 1.29 is 20.4 Å². The molecule has 0 aliphatic heterocycles. The normalized spacial score (nSPS) is 29.5. The van der Waals surface area contributed by atoms with E-state index in [9.17, 15) is 20.4 Å². The number of aliphatic hydroxyl groups excluding tert-OH is 4. The summed E-state index contributed by atoms with van der Waals surface area (Å²) >= 11 is 0. The van der Waals surface area contributed by atoms with E-state index in [0.29, 0.717) is 0 Å².